The Bertz CT molecular complexity index is 867. The van der Waals surface area contributed by atoms with Gasteiger partial charge in [-0.3, -0.25) is 9.78 Å². The second kappa shape index (κ2) is 5.66. The summed E-state index contributed by atoms with van der Waals surface area (Å²) >= 11 is 0. The molecule has 0 radical (unpaired) electrons. The molecule has 1 aliphatic heterocycles. The first-order valence-corrected chi connectivity index (χ1v) is 9.21. The van der Waals surface area contributed by atoms with Crippen LogP contribution < -0.4 is 4.90 Å². The highest BCUT2D eigenvalue weighted by molar-refractivity contribution is 6.11. The average molecular weight is 347 g/mol. The zero-order chi connectivity index (χ0) is 17.7. The van der Waals surface area contributed by atoms with E-state index < -0.39 is 5.60 Å². The van der Waals surface area contributed by atoms with Gasteiger partial charge in [0, 0.05) is 36.6 Å². The van der Waals surface area contributed by atoms with Crippen LogP contribution in [0, 0.1) is 17.8 Å². The van der Waals surface area contributed by atoms with Gasteiger partial charge in [0.15, 0.2) is 0 Å². The van der Waals surface area contributed by atoms with Gasteiger partial charge in [0.1, 0.15) is 0 Å². The Morgan fingerprint density at radius 3 is 2.81 bits per heavy atom. The third-order valence-electron chi connectivity index (χ3n) is 6.34. The van der Waals surface area contributed by atoms with E-state index in [-0.39, 0.29) is 17.7 Å². The van der Waals surface area contributed by atoms with E-state index >= 15 is 0 Å². The van der Waals surface area contributed by atoms with Gasteiger partial charge >= 0.3 is 0 Å². The summed E-state index contributed by atoms with van der Waals surface area (Å²) in [4.78, 5) is 25.6. The number of anilines is 1. The second-order valence-corrected chi connectivity index (χ2v) is 7.55. The van der Waals surface area contributed by atoms with Crippen LogP contribution >= 0.6 is 0 Å². The van der Waals surface area contributed by atoms with Crippen molar-refractivity contribution < 1.29 is 9.63 Å². The Kier molecular flexibility index (Phi) is 3.39. The van der Waals surface area contributed by atoms with Crippen molar-refractivity contribution >= 4 is 17.3 Å². The Morgan fingerprint density at radius 2 is 2.04 bits per heavy atom. The van der Waals surface area contributed by atoms with E-state index in [0.717, 1.165) is 36.2 Å². The van der Waals surface area contributed by atoms with Gasteiger partial charge in [-0.05, 0) is 49.4 Å². The lowest BCUT2D eigenvalue weighted by Gasteiger charge is -2.38. The molecular weight excluding hydrogens is 326 g/mol. The molecule has 2 fully saturated rings. The maximum atomic E-state index is 13.6. The fourth-order valence-corrected chi connectivity index (χ4v) is 5.18. The van der Waals surface area contributed by atoms with Crippen LogP contribution in [0.2, 0.25) is 0 Å². The van der Waals surface area contributed by atoms with Crippen LogP contribution in [0.15, 0.2) is 60.0 Å². The van der Waals surface area contributed by atoms with Gasteiger partial charge in [-0.1, -0.05) is 23.4 Å². The molecule has 1 amide bonds. The average Bonchev–Trinajstić information content (AvgIpc) is 3.40. The number of amides is 1. The normalized spacial score (nSPS) is 31.3. The van der Waals surface area contributed by atoms with Crippen LogP contribution in [0.25, 0.3) is 0 Å². The first-order chi connectivity index (χ1) is 12.7. The van der Waals surface area contributed by atoms with E-state index in [1.165, 1.54) is 0 Å². The van der Waals surface area contributed by atoms with Gasteiger partial charge < -0.3 is 9.74 Å². The minimum absolute atomic E-state index is 0.0172. The topological polar surface area (TPSA) is 54.8 Å². The third kappa shape index (κ3) is 2.00. The minimum Gasteiger partial charge on any atom is -0.378 e. The lowest BCUT2D eigenvalue weighted by molar-refractivity contribution is -0.151. The van der Waals surface area contributed by atoms with E-state index in [2.05, 4.69) is 10.1 Å². The van der Waals surface area contributed by atoms with Crippen molar-refractivity contribution in [2.45, 2.75) is 24.9 Å². The standard InChI is InChI=1S/C21H21N3O2/c1-24(17-7-3-2-4-8-17)20(25)21-16-10-9-14(12-16)18(21)19(23-26-21)15-6-5-11-22-13-15/h2-8,11,13-14,16,18H,9-10,12H2,1H3/t14-,16+,18-,21-/m1/s1. The molecule has 2 saturated carbocycles. The van der Waals surface area contributed by atoms with E-state index in [0.29, 0.717) is 5.92 Å². The highest BCUT2D eigenvalue weighted by Gasteiger charge is 2.69. The molecule has 1 aromatic heterocycles. The first kappa shape index (κ1) is 15.6. The number of pyridine rings is 1. The van der Waals surface area contributed by atoms with Crippen LogP contribution in [-0.4, -0.2) is 29.3 Å². The maximum absolute atomic E-state index is 13.6. The zero-order valence-electron chi connectivity index (χ0n) is 14.7. The SMILES string of the molecule is CN(C(=O)[C@]12ON=C(c3cccnc3)[C@H]1[C@@H]1CC[C@H]2C1)c1ccccc1. The first-order valence-electron chi connectivity index (χ1n) is 9.21. The van der Waals surface area contributed by atoms with Crippen LogP contribution in [0.4, 0.5) is 5.69 Å². The van der Waals surface area contributed by atoms with Crippen LogP contribution in [0.5, 0.6) is 0 Å². The van der Waals surface area contributed by atoms with Crippen molar-refractivity contribution in [1.82, 2.24) is 4.98 Å². The van der Waals surface area contributed by atoms with E-state index in [1.807, 2.05) is 55.7 Å². The van der Waals surface area contributed by atoms with Gasteiger partial charge in [-0.2, -0.15) is 0 Å². The zero-order valence-corrected chi connectivity index (χ0v) is 14.7. The molecule has 0 saturated heterocycles. The third-order valence-corrected chi connectivity index (χ3v) is 6.34. The van der Waals surface area contributed by atoms with Gasteiger partial charge in [0.2, 0.25) is 5.60 Å². The predicted molar refractivity (Wildman–Crippen MR) is 98.8 cm³/mol. The molecule has 132 valence electrons. The van der Waals surface area contributed by atoms with Gasteiger partial charge in [-0.25, -0.2) is 0 Å². The molecule has 0 unspecified atom stereocenters. The molecule has 3 aliphatic rings. The number of hydrogen-bond acceptors (Lipinski definition) is 4. The molecule has 26 heavy (non-hydrogen) atoms. The molecule has 5 rings (SSSR count). The van der Waals surface area contributed by atoms with Crippen molar-refractivity contribution in [2.24, 2.45) is 22.9 Å². The molecule has 5 heteroatoms. The molecule has 2 aliphatic carbocycles. The Labute approximate surface area is 152 Å². The molecule has 0 N–H and O–H groups in total. The molecule has 1 aromatic carbocycles. The van der Waals surface area contributed by atoms with E-state index in [9.17, 15) is 4.79 Å². The summed E-state index contributed by atoms with van der Waals surface area (Å²) in [7, 11) is 1.83. The molecule has 4 atom stereocenters. The largest absolute Gasteiger partial charge is 0.378 e. The summed E-state index contributed by atoms with van der Waals surface area (Å²) in [5.74, 6) is 0.719. The number of carbonyl (C=O) groups excluding carboxylic acids is 1. The fraction of sp³-hybridized carbons (Fsp3) is 0.381. The number of rotatable bonds is 3. The summed E-state index contributed by atoms with van der Waals surface area (Å²) in [5, 5.41) is 4.43. The van der Waals surface area contributed by atoms with Crippen LogP contribution in [0.1, 0.15) is 24.8 Å². The summed E-state index contributed by atoms with van der Waals surface area (Å²) in [5.41, 5.74) is 1.87. The van der Waals surface area contributed by atoms with Crippen LogP contribution in [-0.2, 0) is 9.63 Å². The number of likely N-dealkylation sites (N-methyl/N-ethyl adjacent to an activating group) is 1. The van der Waals surface area contributed by atoms with Crippen LogP contribution in [0.3, 0.4) is 0 Å². The van der Waals surface area contributed by atoms with Crippen molar-refractivity contribution in [1.29, 1.82) is 0 Å². The monoisotopic (exact) mass is 347 g/mol. The van der Waals surface area contributed by atoms with Gasteiger partial charge in [0.25, 0.3) is 5.91 Å². The fourth-order valence-electron chi connectivity index (χ4n) is 5.18. The lowest BCUT2D eigenvalue weighted by Crippen LogP contribution is -2.56. The predicted octanol–water partition coefficient (Wildman–Crippen LogP) is 3.26. The number of hydrogen-bond donors (Lipinski definition) is 0. The molecule has 2 heterocycles. The molecular formula is C21H21N3O2. The van der Waals surface area contributed by atoms with Crippen molar-refractivity contribution in [3.63, 3.8) is 0 Å². The van der Waals surface area contributed by atoms with E-state index in [1.54, 1.807) is 11.1 Å². The molecule has 0 spiro atoms. The number of oxime groups is 1. The summed E-state index contributed by atoms with van der Waals surface area (Å²) in [6, 6.07) is 13.7. The number of aromatic nitrogens is 1. The second-order valence-electron chi connectivity index (χ2n) is 7.55. The number of fused-ring (bicyclic) bond motifs is 5. The van der Waals surface area contributed by atoms with Gasteiger partial charge in [0.05, 0.1) is 11.6 Å². The number of benzene rings is 1. The summed E-state index contributed by atoms with van der Waals surface area (Å²) in [6.45, 7) is 0. The molecule has 2 aromatic rings. The molecule has 2 bridgehead atoms. The number of nitrogens with zero attached hydrogens (tertiary/aromatic N) is 3. The van der Waals surface area contributed by atoms with E-state index in [4.69, 9.17) is 4.84 Å². The smallest absolute Gasteiger partial charge is 0.274 e. The lowest BCUT2D eigenvalue weighted by atomic mass is 9.71. The van der Waals surface area contributed by atoms with Crippen molar-refractivity contribution in [2.75, 3.05) is 11.9 Å². The van der Waals surface area contributed by atoms with Gasteiger partial charge in [-0.15, -0.1) is 0 Å². The number of carbonyl (C=O) groups is 1. The summed E-state index contributed by atoms with van der Waals surface area (Å²) < 4.78 is 0. The highest BCUT2D eigenvalue weighted by Crippen LogP contribution is 2.60. The minimum atomic E-state index is -0.862. The Hall–Kier alpha value is -2.69. The Morgan fingerprint density at radius 1 is 1.19 bits per heavy atom. The molecule has 5 nitrogen and oxygen atoms in total. The summed E-state index contributed by atoms with van der Waals surface area (Å²) in [6.07, 6.45) is 6.78. The van der Waals surface area contributed by atoms with Crippen molar-refractivity contribution in [3.8, 4) is 0 Å². The number of para-hydroxylation sites is 1. The maximum Gasteiger partial charge on any atom is 0.274 e. The van der Waals surface area contributed by atoms with Crippen molar-refractivity contribution in [3.05, 3.63) is 60.4 Å². The highest BCUT2D eigenvalue weighted by atomic mass is 16.7. The Balaban J connectivity index is 1.54. The quantitative estimate of drug-likeness (QED) is 0.856.